The fraction of sp³-hybridized carbons (Fsp3) is 0.0714. The van der Waals surface area contributed by atoms with Crippen molar-refractivity contribution in [2.75, 3.05) is 0 Å². The first-order valence-electron chi connectivity index (χ1n) is 5.69. The van der Waals surface area contributed by atoms with E-state index in [-0.39, 0.29) is 5.75 Å². The van der Waals surface area contributed by atoms with Crippen molar-refractivity contribution in [3.63, 3.8) is 0 Å². The molecular weight excluding hydrogens is 372 g/mol. The molecule has 3 rings (SSSR count). The molecule has 5 heteroatoms. The Morgan fingerprint density at radius 3 is 2.68 bits per heavy atom. The Balaban J connectivity index is 2.20. The number of hydrogen-bond donors (Lipinski definition) is 2. The number of aryl methyl sites for hydroxylation is 1. The number of H-pyrrole nitrogens is 1. The van der Waals surface area contributed by atoms with Gasteiger partial charge in [0.2, 0.25) is 0 Å². The number of nitrogens with zero attached hydrogens (tertiary/aromatic N) is 1. The van der Waals surface area contributed by atoms with E-state index in [4.69, 9.17) is 0 Å². The maximum Gasteiger partial charge on any atom is 0.138 e. The maximum absolute atomic E-state index is 9.74. The van der Waals surface area contributed by atoms with Gasteiger partial charge in [0.25, 0.3) is 0 Å². The van der Waals surface area contributed by atoms with Gasteiger partial charge >= 0.3 is 0 Å². The number of fused-ring (bicyclic) bond motifs is 1. The molecule has 0 atom stereocenters. The van der Waals surface area contributed by atoms with Gasteiger partial charge in [-0.1, -0.05) is 15.9 Å². The molecule has 0 aliphatic carbocycles. The molecule has 0 unspecified atom stereocenters. The molecular formula is C14H10Br2N2O. The van der Waals surface area contributed by atoms with E-state index in [1.807, 2.05) is 25.1 Å². The lowest BCUT2D eigenvalue weighted by Gasteiger charge is -1.99. The standard InChI is InChI=1S/C14H10Br2N2O/c1-7-4-9(15)6-11-13(7)18-14(17-11)8-2-3-10(16)12(19)5-8/h2-6,19H,1H3,(H,17,18). The van der Waals surface area contributed by atoms with E-state index in [0.29, 0.717) is 4.47 Å². The molecule has 0 spiro atoms. The highest BCUT2D eigenvalue weighted by Gasteiger charge is 2.09. The van der Waals surface area contributed by atoms with Crippen LogP contribution in [0.3, 0.4) is 0 Å². The molecule has 0 saturated carbocycles. The predicted molar refractivity (Wildman–Crippen MR) is 83.3 cm³/mol. The second-order valence-corrected chi connectivity index (χ2v) is 6.14. The van der Waals surface area contributed by atoms with E-state index in [1.165, 1.54) is 0 Å². The van der Waals surface area contributed by atoms with Gasteiger partial charge in [-0.05, 0) is 58.7 Å². The molecule has 0 fully saturated rings. The summed E-state index contributed by atoms with van der Waals surface area (Å²) >= 11 is 6.75. The fourth-order valence-electron chi connectivity index (χ4n) is 2.04. The summed E-state index contributed by atoms with van der Waals surface area (Å²) in [7, 11) is 0. The summed E-state index contributed by atoms with van der Waals surface area (Å²) in [5.74, 6) is 0.954. The van der Waals surface area contributed by atoms with Crippen LogP contribution in [0.5, 0.6) is 5.75 Å². The lowest BCUT2D eigenvalue weighted by Crippen LogP contribution is -1.80. The Bertz CT molecular complexity index is 780. The number of halogens is 2. The average Bonchev–Trinajstić information content (AvgIpc) is 2.76. The number of phenolic OH excluding ortho intramolecular Hbond substituents is 1. The van der Waals surface area contributed by atoms with Crippen molar-refractivity contribution < 1.29 is 5.11 Å². The van der Waals surface area contributed by atoms with Gasteiger partial charge in [0.1, 0.15) is 11.6 Å². The van der Waals surface area contributed by atoms with Gasteiger partial charge in [0, 0.05) is 10.0 Å². The second kappa shape index (κ2) is 4.65. The van der Waals surface area contributed by atoms with Gasteiger partial charge in [-0.3, -0.25) is 0 Å². The third-order valence-electron chi connectivity index (χ3n) is 2.96. The predicted octanol–water partition coefficient (Wildman–Crippen LogP) is 4.77. The Labute approximate surface area is 126 Å². The molecule has 0 bridgehead atoms. The first-order valence-corrected chi connectivity index (χ1v) is 7.28. The van der Waals surface area contributed by atoms with Crippen molar-refractivity contribution in [3.8, 4) is 17.1 Å². The molecule has 1 aromatic heterocycles. The van der Waals surface area contributed by atoms with Crippen molar-refractivity contribution in [3.05, 3.63) is 44.8 Å². The van der Waals surface area contributed by atoms with E-state index in [0.717, 1.165) is 32.5 Å². The maximum atomic E-state index is 9.74. The fourth-order valence-corrected chi connectivity index (χ4v) is 2.86. The summed E-state index contributed by atoms with van der Waals surface area (Å²) in [6.45, 7) is 2.02. The van der Waals surface area contributed by atoms with E-state index in [2.05, 4.69) is 41.8 Å². The number of hydrogen-bond acceptors (Lipinski definition) is 2. The van der Waals surface area contributed by atoms with E-state index in [1.54, 1.807) is 12.1 Å². The molecule has 0 radical (unpaired) electrons. The number of imidazole rings is 1. The summed E-state index contributed by atoms with van der Waals surface area (Å²) < 4.78 is 1.69. The molecule has 96 valence electrons. The Morgan fingerprint density at radius 2 is 1.95 bits per heavy atom. The number of aromatic nitrogens is 2. The van der Waals surface area contributed by atoms with Crippen molar-refractivity contribution in [1.82, 2.24) is 9.97 Å². The highest BCUT2D eigenvalue weighted by atomic mass is 79.9. The molecule has 0 aliphatic rings. The highest BCUT2D eigenvalue weighted by molar-refractivity contribution is 9.10. The Kier molecular flexibility index (Phi) is 3.11. The molecule has 19 heavy (non-hydrogen) atoms. The summed E-state index contributed by atoms with van der Waals surface area (Å²) in [5, 5.41) is 9.74. The summed E-state index contributed by atoms with van der Waals surface area (Å²) in [6, 6.07) is 9.43. The monoisotopic (exact) mass is 380 g/mol. The van der Waals surface area contributed by atoms with Gasteiger partial charge in [-0.15, -0.1) is 0 Å². The van der Waals surface area contributed by atoms with E-state index in [9.17, 15) is 5.11 Å². The zero-order chi connectivity index (χ0) is 13.6. The minimum absolute atomic E-state index is 0.204. The quantitative estimate of drug-likeness (QED) is 0.637. The third-order valence-corrected chi connectivity index (χ3v) is 4.09. The van der Waals surface area contributed by atoms with Crippen LogP contribution in [0.25, 0.3) is 22.4 Å². The number of aromatic hydroxyl groups is 1. The SMILES string of the molecule is Cc1cc(Br)cc2[nH]c(-c3ccc(Br)c(O)c3)nc12. The second-order valence-electron chi connectivity index (χ2n) is 4.37. The molecule has 0 amide bonds. The molecule has 2 N–H and O–H groups in total. The van der Waals surface area contributed by atoms with Crippen LogP contribution in [-0.4, -0.2) is 15.1 Å². The Hall–Kier alpha value is -1.33. The van der Waals surface area contributed by atoms with Crippen LogP contribution in [0.2, 0.25) is 0 Å². The number of aromatic amines is 1. The van der Waals surface area contributed by atoms with Gasteiger partial charge in [0.15, 0.2) is 0 Å². The number of rotatable bonds is 1. The normalized spacial score (nSPS) is 11.1. The minimum atomic E-state index is 0.204. The van der Waals surface area contributed by atoms with Crippen molar-refractivity contribution in [2.24, 2.45) is 0 Å². The van der Waals surface area contributed by atoms with Gasteiger partial charge < -0.3 is 10.1 Å². The number of phenols is 1. The largest absolute Gasteiger partial charge is 0.507 e. The first kappa shape index (κ1) is 12.7. The van der Waals surface area contributed by atoms with E-state index < -0.39 is 0 Å². The molecule has 0 saturated heterocycles. The van der Waals surface area contributed by atoms with Crippen LogP contribution in [-0.2, 0) is 0 Å². The molecule has 3 nitrogen and oxygen atoms in total. The van der Waals surface area contributed by atoms with Gasteiger partial charge in [-0.2, -0.15) is 0 Å². The summed E-state index contributed by atoms with van der Waals surface area (Å²) in [4.78, 5) is 7.86. The van der Waals surface area contributed by atoms with Crippen molar-refractivity contribution in [2.45, 2.75) is 6.92 Å². The van der Waals surface area contributed by atoms with Crippen LogP contribution in [0, 0.1) is 6.92 Å². The van der Waals surface area contributed by atoms with Crippen LogP contribution < -0.4 is 0 Å². The van der Waals surface area contributed by atoms with Crippen LogP contribution in [0.15, 0.2) is 39.3 Å². The van der Waals surface area contributed by atoms with Crippen molar-refractivity contribution in [1.29, 1.82) is 0 Å². The third kappa shape index (κ3) is 2.28. The average molecular weight is 382 g/mol. The van der Waals surface area contributed by atoms with Crippen LogP contribution in [0.1, 0.15) is 5.56 Å². The zero-order valence-electron chi connectivity index (χ0n) is 10.0. The number of nitrogens with one attached hydrogen (secondary N) is 1. The summed E-state index contributed by atoms with van der Waals surface area (Å²) in [6.07, 6.45) is 0. The molecule has 0 aliphatic heterocycles. The first-order chi connectivity index (χ1) is 9.04. The lowest BCUT2D eigenvalue weighted by atomic mass is 10.2. The summed E-state index contributed by atoms with van der Waals surface area (Å²) in [5.41, 5.74) is 3.88. The number of benzene rings is 2. The zero-order valence-corrected chi connectivity index (χ0v) is 13.2. The molecule has 3 aromatic rings. The van der Waals surface area contributed by atoms with Crippen LogP contribution >= 0.6 is 31.9 Å². The topological polar surface area (TPSA) is 48.9 Å². The molecule has 1 heterocycles. The molecule has 2 aromatic carbocycles. The minimum Gasteiger partial charge on any atom is -0.507 e. The van der Waals surface area contributed by atoms with Gasteiger partial charge in [-0.25, -0.2) is 4.98 Å². The smallest absolute Gasteiger partial charge is 0.138 e. The Morgan fingerprint density at radius 1 is 1.16 bits per heavy atom. The van der Waals surface area contributed by atoms with E-state index >= 15 is 0 Å². The highest BCUT2D eigenvalue weighted by Crippen LogP contribution is 2.30. The lowest BCUT2D eigenvalue weighted by molar-refractivity contribution is 0.472. The van der Waals surface area contributed by atoms with Crippen LogP contribution in [0.4, 0.5) is 0 Å². The van der Waals surface area contributed by atoms with Crippen molar-refractivity contribution >= 4 is 42.9 Å². The van der Waals surface area contributed by atoms with Gasteiger partial charge in [0.05, 0.1) is 15.5 Å².